The Balaban J connectivity index is 1.93. The van der Waals surface area contributed by atoms with E-state index in [4.69, 9.17) is 16.3 Å². The first-order chi connectivity index (χ1) is 15.7. The number of carbonyl (C=O) groups is 2. The predicted molar refractivity (Wildman–Crippen MR) is 128 cm³/mol. The predicted octanol–water partition coefficient (Wildman–Crippen LogP) is 4.14. The second-order valence-electron chi connectivity index (χ2n) is 6.95. The van der Waals surface area contributed by atoms with E-state index in [0.717, 1.165) is 4.31 Å². The summed E-state index contributed by atoms with van der Waals surface area (Å²) in [6, 6.07) is 18.7. The van der Waals surface area contributed by atoms with Crippen LogP contribution in [0, 0.1) is 0 Å². The number of benzene rings is 3. The molecule has 2 N–H and O–H groups in total. The molecule has 0 saturated carbocycles. The standard InChI is InChI=1S/C23H22ClN3O5S/c1-16(28)25-18-9-11-19(12-10-18)26-23(29)15-27(21-14-17(24)8-13-22(21)32-2)33(30,31)20-6-4-3-5-7-20/h3-14H,15H2,1-2H3,(H,25,28)(H,26,29). The Kier molecular flexibility index (Phi) is 7.57. The van der Waals surface area contributed by atoms with E-state index in [1.54, 1.807) is 48.5 Å². The van der Waals surface area contributed by atoms with Gasteiger partial charge in [0.05, 0.1) is 17.7 Å². The SMILES string of the molecule is COc1ccc(Cl)cc1N(CC(=O)Nc1ccc(NC(C)=O)cc1)S(=O)(=O)c1ccccc1. The number of nitrogens with one attached hydrogen (secondary N) is 2. The molecule has 2 amide bonds. The van der Waals surface area contributed by atoms with Crippen molar-refractivity contribution in [2.24, 2.45) is 0 Å². The highest BCUT2D eigenvalue weighted by molar-refractivity contribution is 7.92. The molecule has 3 aromatic rings. The number of anilines is 3. The molecule has 0 heterocycles. The van der Waals surface area contributed by atoms with Crippen molar-refractivity contribution >= 4 is 50.5 Å². The van der Waals surface area contributed by atoms with Gasteiger partial charge in [-0.3, -0.25) is 13.9 Å². The molecule has 0 aliphatic rings. The first-order valence-corrected chi connectivity index (χ1v) is 11.6. The number of hydrogen-bond acceptors (Lipinski definition) is 5. The molecule has 0 unspecified atom stereocenters. The highest BCUT2D eigenvalue weighted by atomic mass is 35.5. The third-order valence-corrected chi connectivity index (χ3v) is 6.53. The van der Waals surface area contributed by atoms with Crippen molar-refractivity contribution in [3.05, 3.63) is 77.8 Å². The topological polar surface area (TPSA) is 105 Å². The van der Waals surface area contributed by atoms with Crippen molar-refractivity contribution in [2.75, 3.05) is 28.6 Å². The van der Waals surface area contributed by atoms with E-state index in [1.807, 2.05) is 0 Å². The van der Waals surface area contributed by atoms with Crippen molar-refractivity contribution in [3.8, 4) is 5.75 Å². The lowest BCUT2D eigenvalue weighted by molar-refractivity contribution is -0.115. The number of hydrogen-bond donors (Lipinski definition) is 2. The van der Waals surface area contributed by atoms with Gasteiger partial charge in [-0.2, -0.15) is 0 Å². The molecule has 0 atom stereocenters. The Bertz CT molecular complexity index is 1250. The number of ether oxygens (including phenoxy) is 1. The lowest BCUT2D eigenvalue weighted by atomic mass is 10.2. The van der Waals surface area contributed by atoms with Crippen LogP contribution in [0.15, 0.2) is 77.7 Å². The van der Waals surface area contributed by atoms with E-state index in [2.05, 4.69) is 10.6 Å². The van der Waals surface area contributed by atoms with Crippen LogP contribution >= 0.6 is 11.6 Å². The molecular weight excluding hydrogens is 466 g/mol. The van der Waals surface area contributed by atoms with Gasteiger partial charge in [-0.1, -0.05) is 29.8 Å². The lowest BCUT2D eigenvalue weighted by Crippen LogP contribution is -2.38. The summed E-state index contributed by atoms with van der Waals surface area (Å²) in [4.78, 5) is 24.0. The first-order valence-electron chi connectivity index (χ1n) is 9.79. The van der Waals surface area contributed by atoms with Gasteiger partial charge in [-0.25, -0.2) is 8.42 Å². The van der Waals surface area contributed by atoms with Gasteiger partial charge in [-0.15, -0.1) is 0 Å². The minimum atomic E-state index is -4.12. The summed E-state index contributed by atoms with van der Waals surface area (Å²) in [5, 5.41) is 5.58. The monoisotopic (exact) mass is 487 g/mol. The van der Waals surface area contributed by atoms with E-state index < -0.39 is 22.5 Å². The smallest absolute Gasteiger partial charge is 0.264 e. The van der Waals surface area contributed by atoms with Crippen LogP contribution in [0.1, 0.15) is 6.92 Å². The minimum Gasteiger partial charge on any atom is -0.495 e. The van der Waals surface area contributed by atoms with Gasteiger partial charge in [0.1, 0.15) is 12.3 Å². The fourth-order valence-electron chi connectivity index (χ4n) is 3.05. The summed E-state index contributed by atoms with van der Waals surface area (Å²) in [5.74, 6) is -0.556. The molecule has 33 heavy (non-hydrogen) atoms. The van der Waals surface area contributed by atoms with E-state index in [9.17, 15) is 18.0 Å². The van der Waals surface area contributed by atoms with Crippen LogP contribution in [-0.2, 0) is 19.6 Å². The fourth-order valence-corrected chi connectivity index (χ4v) is 4.66. The summed E-state index contributed by atoms with van der Waals surface area (Å²) >= 11 is 6.12. The van der Waals surface area contributed by atoms with Crippen LogP contribution in [0.5, 0.6) is 5.75 Å². The van der Waals surface area contributed by atoms with Crippen molar-refractivity contribution in [2.45, 2.75) is 11.8 Å². The Morgan fingerprint density at radius 3 is 2.12 bits per heavy atom. The van der Waals surface area contributed by atoms with Crippen molar-refractivity contribution in [3.63, 3.8) is 0 Å². The summed E-state index contributed by atoms with van der Waals surface area (Å²) in [6.07, 6.45) is 0. The molecule has 3 aromatic carbocycles. The quantitative estimate of drug-likeness (QED) is 0.497. The minimum absolute atomic E-state index is 0.0134. The zero-order valence-electron chi connectivity index (χ0n) is 17.9. The molecule has 0 saturated heterocycles. The maximum absolute atomic E-state index is 13.5. The van der Waals surface area contributed by atoms with Gasteiger partial charge in [0.2, 0.25) is 11.8 Å². The molecule has 8 nitrogen and oxygen atoms in total. The third-order valence-electron chi connectivity index (χ3n) is 4.52. The lowest BCUT2D eigenvalue weighted by Gasteiger charge is -2.26. The van der Waals surface area contributed by atoms with Crippen LogP contribution < -0.4 is 19.7 Å². The number of nitrogens with zero attached hydrogens (tertiary/aromatic N) is 1. The van der Waals surface area contributed by atoms with E-state index in [-0.39, 0.29) is 27.3 Å². The highest BCUT2D eigenvalue weighted by Crippen LogP contribution is 2.34. The highest BCUT2D eigenvalue weighted by Gasteiger charge is 2.29. The van der Waals surface area contributed by atoms with Crippen LogP contribution in [0.2, 0.25) is 5.02 Å². The largest absolute Gasteiger partial charge is 0.495 e. The average Bonchev–Trinajstić information content (AvgIpc) is 2.79. The van der Waals surface area contributed by atoms with Crippen LogP contribution in [0.3, 0.4) is 0 Å². The van der Waals surface area contributed by atoms with E-state index in [0.29, 0.717) is 11.4 Å². The molecule has 0 fully saturated rings. The molecular formula is C23H22ClN3O5S. The van der Waals surface area contributed by atoms with Gasteiger partial charge in [0.25, 0.3) is 10.0 Å². The maximum Gasteiger partial charge on any atom is 0.264 e. The Morgan fingerprint density at radius 1 is 0.939 bits per heavy atom. The molecule has 172 valence electrons. The van der Waals surface area contributed by atoms with Crippen LogP contribution in [-0.4, -0.2) is 33.9 Å². The number of halogens is 1. The van der Waals surface area contributed by atoms with Gasteiger partial charge < -0.3 is 15.4 Å². The molecule has 0 radical (unpaired) electrons. The summed E-state index contributed by atoms with van der Waals surface area (Å²) in [7, 11) is -2.73. The summed E-state index contributed by atoms with van der Waals surface area (Å²) < 4.78 is 33.2. The zero-order valence-corrected chi connectivity index (χ0v) is 19.5. The molecule has 0 aliphatic heterocycles. The Labute approximate surface area is 197 Å². The zero-order chi connectivity index (χ0) is 24.0. The first kappa shape index (κ1) is 24.1. The van der Waals surface area contributed by atoms with Gasteiger partial charge >= 0.3 is 0 Å². The third kappa shape index (κ3) is 6.03. The van der Waals surface area contributed by atoms with Gasteiger partial charge in [0, 0.05) is 23.3 Å². The molecule has 0 bridgehead atoms. The van der Waals surface area contributed by atoms with Crippen molar-refractivity contribution in [1.29, 1.82) is 0 Å². The van der Waals surface area contributed by atoms with Crippen LogP contribution in [0.25, 0.3) is 0 Å². The second kappa shape index (κ2) is 10.4. The van der Waals surface area contributed by atoms with Gasteiger partial charge in [0.15, 0.2) is 0 Å². The second-order valence-corrected chi connectivity index (χ2v) is 9.25. The number of sulfonamides is 1. The Hall–Kier alpha value is -3.56. The number of rotatable bonds is 8. The summed E-state index contributed by atoms with van der Waals surface area (Å²) in [5.41, 5.74) is 1.13. The van der Waals surface area contributed by atoms with Crippen molar-refractivity contribution in [1.82, 2.24) is 0 Å². The molecule has 0 aliphatic carbocycles. The summed E-state index contributed by atoms with van der Waals surface area (Å²) in [6.45, 7) is 0.864. The maximum atomic E-state index is 13.5. The number of methoxy groups -OCH3 is 1. The van der Waals surface area contributed by atoms with Crippen molar-refractivity contribution < 1.29 is 22.7 Å². The molecule has 3 rings (SSSR count). The fraction of sp³-hybridized carbons (Fsp3) is 0.130. The Morgan fingerprint density at radius 2 is 1.55 bits per heavy atom. The number of amides is 2. The normalized spacial score (nSPS) is 10.9. The average molecular weight is 488 g/mol. The van der Waals surface area contributed by atoms with E-state index in [1.165, 1.54) is 38.3 Å². The van der Waals surface area contributed by atoms with Gasteiger partial charge in [-0.05, 0) is 54.6 Å². The molecule has 10 heteroatoms. The van der Waals surface area contributed by atoms with Crippen LogP contribution in [0.4, 0.5) is 17.1 Å². The number of carbonyl (C=O) groups excluding carboxylic acids is 2. The van der Waals surface area contributed by atoms with E-state index >= 15 is 0 Å². The molecule has 0 aromatic heterocycles. The molecule has 0 spiro atoms.